The number of carbonyl (C=O) groups excluding carboxylic acids is 1. The molecule has 0 radical (unpaired) electrons. The lowest BCUT2D eigenvalue weighted by Crippen LogP contribution is -2.03. The van der Waals surface area contributed by atoms with Crippen LogP contribution in [0.15, 0.2) is 18.3 Å². The Bertz CT molecular complexity index is 388. The Labute approximate surface area is 76.0 Å². The van der Waals surface area contributed by atoms with Crippen molar-refractivity contribution in [3.8, 4) is 6.07 Å². The molecule has 2 rings (SSSR count). The second kappa shape index (κ2) is 2.67. The second-order valence-electron chi connectivity index (χ2n) is 3.28. The fraction of sp³-hybridized carbons (Fsp3) is 0.300. The molecule has 0 amide bonds. The molecule has 1 aromatic heterocycles. The zero-order valence-electron chi connectivity index (χ0n) is 7.03. The summed E-state index contributed by atoms with van der Waals surface area (Å²) in [6.07, 6.45) is 4.07. The first-order valence-corrected chi connectivity index (χ1v) is 4.14. The van der Waals surface area contributed by atoms with Crippen LogP contribution in [0.3, 0.4) is 0 Å². The largest absolute Gasteiger partial charge is 0.296 e. The second-order valence-corrected chi connectivity index (χ2v) is 3.28. The number of pyridine rings is 1. The normalized spacial score (nSPS) is 17.5. The van der Waals surface area contributed by atoms with Gasteiger partial charge in [-0.3, -0.25) is 9.78 Å². The number of carbonyl (C=O) groups is 1. The molecule has 1 heterocycles. The lowest BCUT2D eigenvalue weighted by Gasteiger charge is -2.04. The molecule has 0 bridgehead atoms. The van der Waals surface area contributed by atoms with Gasteiger partial charge in [-0.2, -0.15) is 5.26 Å². The molecule has 1 saturated carbocycles. The van der Waals surface area contributed by atoms with Gasteiger partial charge in [0.2, 0.25) is 0 Å². The molecule has 0 atom stereocenters. The van der Waals surface area contributed by atoms with Gasteiger partial charge in [0, 0.05) is 6.20 Å². The maximum Gasteiger partial charge on any atom is 0.168 e. The third-order valence-corrected chi connectivity index (χ3v) is 2.42. The van der Waals surface area contributed by atoms with Crippen molar-refractivity contribution in [2.24, 2.45) is 0 Å². The first-order valence-electron chi connectivity index (χ1n) is 4.14. The van der Waals surface area contributed by atoms with E-state index >= 15 is 0 Å². The van der Waals surface area contributed by atoms with Crippen molar-refractivity contribution in [1.82, 2.24) is 4.98 Å². The van der Waals surface area contributed by atoms with E-state index in [-0.39, 0.29) is 5.41 Å². The number of hydrogen-bond acceptors (Lipinski definition) is 3. The van der Waals surface area contributed by atoms with Gasteiger partial charge in [0.05, 0.1) is 11.5 Å². The number of hydrogen-bond donors (Lipinski definition) is 0. The zero-order chi connectivity index (χ0) is 9.31. The minimum atomic E-state index is -0.319. The highest BCUT2D eigenvalue weighted by Gasteiger charge is 2.44. The summed E-state index contributed by atoms with van der Waals surface area (Å²) >= 11 is 0. The molecule has 0 aliphatic heterocycles. The van der Waals surface area contributed by atoms with Gasteiger partial charge in [0.25, 0.3) is 0 Å². The lowest BCUT2D eigenvalue weighted by atomic mass is 9.98. The summed E-state index contributed by atoms with van der Waals surface area (Å²) in [4.78, 5) is 14.3. The number of aromatic nitrogens is 1. The van der Waals surface area contributed by atoms with Crippen molar-refractivity contribution in [3.63, 3.8) is 0 Å². The Morgan fingerprint density at radius 2 is 2.38 bits per heavy atom. The van der Waals surface area contributed by atoms with Crippen molar-refractivity contribution in [2.45, 2.75) is 18.3 Å². The van der Waals surface area contributed by atoms with Crippen LogP contribution in [0, 0.1) is 11.3 Å². The standard InChI is InChI=1S/C10H8N2O/c11-7-10(2-3-10)8-1-4-12-9(5-8)6-13/h1,4-6H,2-3H2. The molecule has 0 spiro atoms. The summed E-state index contributed by atoms with van der Waals surface area (Å²) < 4.78 is 0. The highest BCUT2D eigenvalue weighted by Crippen LogP contribution is 2.47. The molecule has 3 heteroatoms. The van der Waals surface area contributed by atoms with Gasteiger partial charge >= 0.3 is 0 Å². The summed E-state index contributed by atoms with van der Waals surface area (Å²) in [5, 5.41) is 8.91. The minimum absolute atomic E-state index is 0.319. The van der Waals surface area contributed by atoms with Gasteiger partial charge in [-0.15, -0.1) is 0 Å². The topological polar surface area (TPSA) is 53.8 Å². The quantitative estimate of drug-likeness (QED) is 0.634. The average molecular weight is 172 g/mol. The predicted molar refractivity (Wildman–Crippen MR) is 46.1 cm³/mol. The van der Waals surface area contributed by atoms with E-state index < -0.39 is 0 Å². The Kier molecular flexibility index (Phi) is 1.63. The van der Waals surface area contributed by atoms with E-state index in [0.29, 0.717) is 12.0 Å². The Hall–Kier alpha value is -1.69. The summed E-state index contributed by atoms with van der Waals surface area (Å²) in [6, 6.07) is 5.78. The third-order valence-electron chi connectivity index (χ3n) is 2.42. The van der Waals surface area contributed by atoms with E-state index in [2.05, 4.69) is 11.1 Å². The molecule has 0 N–H and O–H groups in total. The van der Waals surface area contributed by atoms with E-state index in [0.717, 1.165) is 18.4 Å². The lowest BCUT2D eigenvalue weighted by molar-refractivity contribution is 0.111. The van der Waals surface area contributed by atoms with Crippen molar-refractivity contribution < 1.29 is 4.79 Å². The highest BCUT2D eigenvalue weighted by molar-refractivity contribution is 5.72. The maximum absolute atomic E-state index is 10.4. The van der Waals surface area contributed by atoms with Gasteiger partial charge in [0.15, 0.2) is 6.29 Å². The average Bonchev–Trinajstić information content (AvgIpc) is 2.99. The molecule has 1 fully saturated rings. The Morgan fingerprint density at radius 1 is 1.62 bits per heavy atom. The van der Waals surface area contributed by atoms with Crippen molar-refractivity contribution in [3.05, 3.63) is 29.6 Å². The molecule has 3 nitrogen and oxygen atoms in total. The molecule has 13 heavy (non-hydrogen) atoms. The van der Waals surface area contributed by atoms with Gasteiger partial charge < -0.3 is 0 Å². The Morgan fingerprint density at radius 3 is 2.92 bits per heavy atom. The number of nitriles is 1. The van der Waals surface area contributed by atoms with Crippen LogP contribution >= 0.6 is 0 Å². The summed E-state index contributed by atoms with van der Waals surface area (Å²) in [5.41, 5.74) is 1.01. The maximum atomic E-state index is 10.4. The highest BCUT2D eigenvalue weighted by atomic mass is 16.1. The van der Waals surface area contributed by atoms with E-state index in [4.69, 9.17) is 5.26 Å². The fourth-order valence-corrected chi connectivity index (χ4v) is 1.40. The molecule has 64 valence electrons. The summed E-state index contributed by atoms with van der Waals surface area (Å²) in [6.45, 7) is 0. The summed E-state index contributed by atoms with van der Waals surface area (Å²) in [5.74, 6) is 0. The van der Waals surface area contributed by atoms with E-state index in [9.17, 15) is 4.79 Å². The van der Waals surface area contributed by atoms with Crippen molar-refractivity contribution in [2.75, 3.05) is 0 Å². The monoisotopic (exact) mass is 172 g/mol. The van der Waals surface area contributed by atoms with E-state index in [1.165, 1.54) is 0 Å². The van der Waals surface area contributed by atoms with Crippen LogP contribution in [0.1, 0.15) is 28.9 Å². The molecular weight excluding hydrogens is 164 g/mol. The molecule has 0 aromatic carbocycles. The van der Waals surface area contributed by atoms with Crippen LogP contribution in [-0.2, 0) is 5.41 Å². The summed E-state index contributed by atoms with van der Waals surface area (Å²) in [7, 11) is 0. The minimum Gasteiger partial charge on any atom is -0.296 e. The van der Waals surface area contributed by atoms with Crippen LogP contribution in [0.2, 0.25) is 0 Å². The van der Waals surface area contributed by atoms with Crippen molar-refractivity contribution in [1.29, 1.82) is 5.26 Å². The molecule has 1 aliphatic rings. The fourth-order valence-electron chi connectivity index (χ4n) is 1.40. The molecule has 0 saturated heterocycles. The smallest absolute Gasteiger partial charge is 0.168 e. The van der Waals surface area contributed by atoms with Crippen LogP contribution in [0.25, 0.3) is 0 Å². The molecule has 1 aromatic rings. The third kappa shape index (κ3) is 1.20. The number of rotatable bonds is 2. The predicted octanol–water partition coefficient (Wildman–Crippen LogP) is 1.45. The molecule has 1 aliphatic carbocycles. The van der Waals surface area contributed by atoms with Gasteiger partial charge in [-0.05, 0) is 30.5 Å². The molecule has 0 unspecified atom stereocenters. The molecular formula is C10H8N2O. The number of nitrogens with zero attached hydrogens (tertiary/aromatic N) is 2. The van der Waals surface area contributed by atoms with Crippen LogP contribution in [0.4, 0.5) is 0 Å². The van der Waals surface area contributed by atoms with Gasteiger partial charge in [-0.1, -0.05) is 0 Å². The van der Waals surface area contributed by atoms with Crippen LogP contribution in [-0.4, -0.2) is 11.3 Å². The zero-order valence-corrected chi connectivity index (χ0v) is 7.03. The van der Waals surface area contributed by atoms with Crippen LogP contribution in [0.5, 0.6) is 0 Å². The van der Waals surface area contributed by atoms with Crippen molar-refractivity contribution >= 4 is 6.29 Å². The van der Waals surface area contributed by atoms with Crippen LogP contribution < -0.4 is 0 Å². The van der Waals surface area contributed by atoms with Gasteiger partial charge in [0.1, 0.15) is 5.69 Å². The van der Waals surface area contributed by atoms with Gasteiger partial charge in [-0.25, -0.2) is 0 Å². The Balaban J connectivity index is 2.42. The first-order chi connectivity index (χ1) is 6.30. The SMILES string of the molecule is N#CC1(c2ccnc(C=O)c2)CC1. The van der Waals surface area contributed by atoms with E-state index in [1.54, 1.807) is 12.3 Å². The van der Waals surface area contributed by atoms with E-state index in [1.807, 2.05) is 6.07 Å². The number of aldehydes is 1. The first kappa shape index (κ1) is 7.93.